The minimum absolute atomic E-state index is 0.00450. The van der Waals surface area contributed by atoms with Crippen LogP contribution in [0.3, 0.4) is 0 Å². The number of hydrogen-bond acceptors (Lipinski definition) is 2. The molecule has 0 aliphatic heterocycles. The Morgan fingerprint density at radius 2 is 2.14 bits per heavy atom. The van der Waals surface area contributed by atoms with E-state index in [1.807, 2.05) is 32.0 Å². The molecule has 0 spiro atoms. The first-order valence-electron chi connectivity index (χ1n) is 6.82. The summed E-state index contributed by atoms with van der Waals surface area (Å²) in [7, 11) is 1.65. The Morgan fingerprint density at radius 1 is 1.43 bits per heavy atom. The summed E-state index contributed by atoms with van der Waals surface area (Å²) in [5, 5.41) is 3.35. The molecule has 1 amide bonds. The molecule has 0 fully saturated rings. The van der Waals surface area contributed by atoms with Crippen molar-refractivity contribution in [1.29, 1.82) is 0 Å². The van der Waals surface area contributed by atoms with Crippen LogP contribution in [0.2, 0.25) is 5.02 Å². The van der Waals surface area contributed by atoms with E-state index in [0.29, 0.717) is 23.9 Å². The van der Waals surface area contributed by atoms with Crippen LogP contribution in [0, 0.1) is 5.41 Å². The summed E-state index contributed by atoms with van der Waals surface area (Å²) in [6.07, 6.45) is 0.650. The van der Waals surface area contributed by atoms with E-state index in [0.717, 1.165) is 16.9 Å². The number of imidazole rings is 1. The van der Waals surface area contributed by atoms with Crippen LogP contribution in [0.25, 0.3) is 11.0 Å². The quantitative estimate of drug-likeness (QED) is 0.857. The molecule has 0 radical (unpaired) electrons. The highest BCUT2D eigenvalue weighted by Crippen LogP contribution is 2.26. The molecule has 0 atom stereocenters. The minimum atomic E-state index is -0.539. The number of carbonyl (C=O) groups is 1. The first kappa shape index (κ1) is 16.1. The van der Waals surface area contributed by atoms with Gasteiger partial charge in [0.15, 0.2) is 0 Å². The summed E-state index contributed by atoms with van der Waals surface area (Å²) in [6, 6.07) is 5.60. The normalized spacial score (nSPS) is 11.9. The SMILES string of the molecule is CNC(=O)C(C)(C)Cn1c(CCCl)nc2cc(Cl)ccc21. The number of fused-ring (bicyclic) bond motifs is 1. The van der Waals surface area contributed by atoms with Crippen LogP contribution in [-0.4, -0.2) is 28.4 Å². The Morgan fingerprint density at radius 3 is 2.76 bits per heavy atom. The van der Waals surface area contributed by atoms with Crippen molar-refractivity contribution in [3.05, 3.63) is 29.0 Å². The topological polar surface area (TPSA) is 46.9 Å². The Bertz CT molecular complexity index is 664. The van der Waals surface area contributed by atoms with Gasteiger partial charge < -0.3 is 9.88 Å². The van der Waals surface area contributed by atoms with Crippen LogP contribution < -0.4 is 5.32 Å². The van der Waals surface area contributed by atoms with Gasteiger partial charge in [0.2, 0.25) is 5.91 Å². The molecule has 2 rings (SSSR count). The average molecular weight is 328 g/mol. The van der Waals surface area contributed by atoms with Gasteiger partial charge in [-0.15, -0.1) is 11.6 Å². The van der Waals surface area contributed by atoms with Crippen LogP contribution >= 0.6 is 23.2 Å². The molecule has 0 bridgehead atoms. The molecule has 1 aromatic carbocycles. The van der Waals surface area contributed by atoms with Crippen molar-refractivity contribution >= 4 is 40.1 Å². The highest BCUT2D eigenvalue weighted by Gasteiger charge is 2.29. The number of aryl methyl sites for hydroxylation is 1. The summed E-state index contributed by atoms with van der Waals surface area (Å²) < 4.78 is 2.06. The number of amides is 1. The van der Waals surface area contributed by atoms with Gasteiger partial charge in [-0.25, -0.2) is 4.98 Å². The number of nitrogens with one attached hydrogen (secondary N) is 1. The molecule has 4 nitrogen and oxygen atoms in total. The average Bonchev–Trinajstić information content (AvgIpc) is 2.74. The highest BCUT2D eigenvalue weighted by molar-refractivity contribution is 6.31. The van der Waals surface area contributed by atoms with Gasteiger partial charge in [0.05, 0.1) is 16.4 Å². The monoisotopic (exact) mass is 327 g/mol. The largest absolute Gasteiger partial charge is 0.359 e. The molecule has 0 saturated carbocycles. The van der Waals surface area contributed by atoms with Crippen molar-refractivity contribution in [3.8, 4) is 0 Å². The number of halogens is 2. The van der Waals surface area contributed by atoms with E-state index in [1.54, 1.807) is 7.05 Å². The maximum Gasteiger partial charge on any atom is 0.227 e. The molecule has 1 N–H and O–H groups in total. The zero-order valence-corrected chi connectivity index (χ0v) is 13.9. The molecule has 0 saturated heterocycles. The van der Waals surface area contributed by atoms with Crippen LogP contribution in [-0.2, 0) is 17.8 Å². The maximum absolute atomic E-state index is 12.0. The molecule has 0 aliphatic rings. The lowest BCUT2D eigenvalue weighted by Crippen LogP contribution is -2.38. The smallest absolute Gasteiger partial charge is 0.227 e. The maximum atomic E-state index is 12.0. The van der Waals surface area contributed by atoms with E-state index < -0.39 is 5.41 Å². The van der Waals surface area contributed by atoms with Gasteiger partial charge in [-0.1, -0.05) is 11.6 Å². The van der Waals surface area contributed by atoms with Crippen molar-refractivity contribution in [2.24, 2.45) is 5.41 Å². The fourth-order valence-electron chi connectivity index (χ4n) is 2.41. The first-order chi connectivity index (χ1) is 9.89. The molecule has 1 aromatic heterocycles. The van der Waals surface area contributed by atoms with Gasteiger partial charge in [-0.3, -0.25) is 4.79 Å². The number of aromatic nitrogens is 2. The third kappa shape index (κ3) is 3.33. The molecule has 0 aliphatic carbocycles. The molecule has 1 heterocycles. The van der Waals surface area contributed by atoms with Crippen molar-refractivity contribution < 1.29 is 4.79 Å². The van der Waals surface area contributed by atoms with Crippen molar-refractivity contribution in [2.75, 3.05) is 12.9 Å². The number of hydrogen-bond donors (Lipinski definition) is 1. The van der Waals surface area contributed by atoms with Crippen LogP contribution in [0.15, 0.2) is 18.2 Å². The molecule has 114 valence electrons. The standard InChI is InChI=1S/C15H19Cl2N3O/c1-15(2,14(21)18-3)9-20-12-5-4-10(17)8-11(12)19-13(20)6-7-16/h4-5,8H,6-7,9H2,1-3H3,(H,18,21). The third-order valence-electron chi connectivity index (χ3n) is 3.50. The van der Waals surface area contributed by atoms with E-state index in [2.05, 4.69) is 14.9 Å². The molecule has 6 heteroatoms. The number of alkyl halides is 1. The molecular weight excluding hydrogens is 309 g/mol. The fraction of sp³-hybridized carbons (Fsp3) is 0.467. The Labute approximate surface area is 134 Å². The highest BCUT2D eigenvalue weighted by atomic mass is 35.5. The van der Waals surface area contributed by atoms with Gasteiger partial charge in [-0.05, 0) is 32.0 Å². The van der Waals surface area contributed by atoms with Crippen LogP contribution in [0.4, 0.5) is 0 Å². The fourth-order valence-corrected chi connectivity index (χ4v) is 2.75. The Kier molecular flexibility index (Phi) is 4.79. The zero-order chi connectivity index (χ0) is 15.6. The van der Waals surface area contributed by atoms with Gasteiger partial charge >= 0.3 is 0 Å². The zero-order valence-electron chi connectivity index (χ0n) is 12.4. The second-order valence-electron chi connectivity index (χ2n) is 5.65. The predicted molar refractivity (Wildman–Crippen MR) is 87.0 cm³/mol. The third-order valence-corrected chi connectivity index (χ3v) is 3.93. The van der Waals surface area contributed by atoms with E-state index >= 15 is 0 Å². The summed E-state index contributed by atoms with van der Waals surface area (Å²) in [5.41, 5.74) is 1.26. The lowest BCUT2D eigenvalue weighted by molar-refractivity contribution is -0.129. The summed E-state index contributed by atoms with van der Waals surface area (Å²) in [6.45, 7) is 4.37. The van der Waals surface area contributed by atoms with Gasteiger partial charge in [0, 0.05) is 30.9 Å². The number of rotatable bonds is 5. The second kappa shape index (κ2) is 6.24. The van der Waals surface area contributed by atoms with E-state index in [4.69, 9.17) is 23.2 Å². The minimum Gasteiger partial charge on any atom is -0.359 e. The molecular formula is C15H19Cl2N3O. The molecule has 2 aromatic rings. The van der Waals surface area contributed by atoms with Gasteiger partial charge in [0.1, 0.15) is 5.82 Å². The second-order valence-corrected chi connectivity index (χ2v) is 6.46. The number of benzene rings is 1. The number of carbonyl (C=O) groups excluding carboxylic acids is 1. The van der Waals surface area contributed by atoms with Crippen molar-refractivity contribution in [1.82, 2.24) is 14.9 Å². The van der Waals surface area contributed by atoms with Gasteiger partial charge in [0.25, 0.3) is 0 Å². The Balaban J connectivity index is 2.50. The first-order valence-corrected chi connectivity index (χ1v) is 7.73. The summed E-state index contributed by atoms with van der Waals surface area (Å²) in [4.78, 5) is 16.6. The van der Waals surface area contributed by atoms with E-state index in [-0.39, 0.29) is 5.91 Å². The van der Waals surface area contributed by atoms with E-state index in [1.165, 1.54) is 0 Å². The number of nitrogens with zero attached hydrogens (tertiary/aromatic N) is 2. The lowest BCUT2D eigenvalue weighted by Gasteiger charge is -2.24. The summed E-state index contributed by atoms with van der Waals surface area (Å²) in [5.74, 6) is 1.35. The van der Waals surface area contributed by atoms with Gasteiger partial charge in [-0.2, -0.15) is 0 Å². The van der Waals surface area contributed by atoms with Crippen LogP contribution in [0.1, 0.15) is 19.7 Å². The predicted octanol–water partition coefficient (Wildman–Crippen LogP) is 3.24. The molecule has 0 unspecified atom stereocenters. The van der Waals surface area contributed by atoms with E-state index in [9.17, 15) is 4.79 Å². The summed E-state index contributed by atoms with van der Waals surface area (Å²) >= 11 is 11.9. The van der Waals surface area contributed by atoms with Crippen molar-refractivity contribution in [3.63, 3.8) is 0 Å². The Hall–Kier alpha value is -1.26. The lowest BCUT2D eigenvalue weighted by atomic mass is 9.92. The van der Waals surface area contributed by atoms with Crippen LogP contribution in [0.5, 0.6) is 0 Å². The van der Waals surface area contributed by atoms with Crippen molar-refractivity contribution in [2.45, 2.75) is 26.8 Å². The molecule has 21 heavy (non-hydrogen) atoms.